The number of rotatable bonds is 6. The Morgan fingerprint density at radius 3 is 2.78 bits per heavy atom. The molecule has 18 heavy (non-hydrogen) atoms. The quantitative estimate of drug-likeness (QED) is 0.820. The van der Waals surface area contributed by atoms with Crippen molar-refractivity contribution in [3.05, 3.63) is 16.1 Å². The molecule has 2 amide bonds. The molecular formula is C11H17N3O3S. The monoisotopic (exact) mass is 271 g/mol. The van der Waals surface area contributed by atoms with Crippen LogP contribution in [0.3, 0.4) is 0 Å². The predicted octanol–water partition coefficient (Wildman–Crippen LogP) is 1.46. The molecule has 7 heteroatoms. The normalized spacial score (nSPS) is 10.1. The summed E-state index contributed by atoms with van der Waals surface area (Å²) in [4.78, 5) is 27.9. The van der Waals surface area contributed by atoms with E-state index in [2.05, 4.69) is 10.3 Å². The first-order valence-corrected chi connectivity index (χ1v) is 6.56. The van der Waals surface area contributed by atoms with Gasteiger partial charge in [0.15, 0.2) is 0 Å². The number of nitrogens with zero attached hydrogens (tertiary/aromatic N) is 2. The van der Waals surface area contributed by atoms with Crippen LogP contribution in [-0.2, 0) is 11.3 Å². The molecule has 0 radical (unpaired) electrons. The molecule has 0 unspecified atom stereocenters. The smallest absolute Gasteiger partial charge is 0.317 e. The Morgan fingerprint density at radius 1 is 1.56 bits per heavy atom. The van der Waals surface area contributed by atoms with Gasteiger partial charge >= 0.3 is 12.0 Å². The van der Waals surface area contributed by atoms with E-state index in [-0.39, 0.29) is 19.0 Å². The van der Waals surface area contributed by atoms with E-state index < -0.39 is 5.97 Å². The topological polar surface area (TPSA) is 82.5 Å². The highest BCUT2D eigenvalue weighted by Gasteiger charge is 2.12. The summed E-state index contributed by atoms with van der Waals surface area (Å²) in [6, 6.07) is -0.258. The third kappa shape index (κ3) is 4.70. The van der Waals surface area contributed by atoms with Crippen molar-refractivity contribution in [3.8, 4) is 0 Å². The lowest BCUT2D eigenvalue weighted by atomic mass is 10.4. The fourth-order valence-electron chi connectivity index (χ4n) is 1.38. The Morgan fingerprint density at radius 2 is 2.28 bits per heavy atom. The van der Waals surface area contributed by atoms with E-state index in [1.807, 2.05) is 19.2 Å². The van der Waals surface area contributed by atoms with Gasteiger partial charge in [0.25, 0.3) is 0 Å². The number of nitrogens with one attached hydrogen (secondary N) is 1. The first-order chi connectivity index (χ1) is 8.52. The van der Waals surface area contributed by atoms with Gasteiger partial charge in [-0.1, -0.05) is 0 Å². The second-order valence-electron chi connectivity index (χ2n) is 3.76. The van der Waals surface area contributed by atoms with Crippen LogP contribution in [-0.4, -0.2) is 40.1 Å². The van der Waals surface area contributed by atoms with Crippen LogP contribution in [0.1, 0.15) is 24.0 Å². The van der Waals surface area contributed by atoms with Crippen molar-refractivity contribution in [2.75, 3.05) is 13.1 Å². The second kappa shape index (κ2) is 6.95. The molecule has 1 aromatic rings. The van der Waals surface area contributed by atoms with Gasteiger partial charge in [-0.2, -0.15) is 0 Å². The highest BCUT2D eigenvalue weighted by molar-refractivity contribution is 7.09. The van der Waals surface area contributed by atoms with E-state index in [1.54, 1.807) is 0 Å². The maximum atomic E-state index is 11.8. The number of carboxylic acids is 1. The first-order valence-electron chi connectivity index (χ1n) is 5.68. The van der Waals surface area contributed by atoms with Gasteiger partial charge in [0.05, 0.1) is 13.0 Å². The van der Waals surface area contributed by atoms with Crippen molar-refractivity contribution in [2.45, 2.75) is 26.8 Å². The van der Waals surface area contributed by atoms with Crippen molar-refractivity contribution in [1.82, 2.24) is 15.2 Å². The molecule has 100 valence electrons. The largest absolute Gasteiger partial charge is 0.481 e. The molecule has 1 aromatic heterocycles. The van der Waals surface area contributed by atoms with Crippen LogP contribution in [0.5, 0.6) is 0 Å². The van der Waals surface area contributed by atoms with Crippen LogP contribution in [0, 0.1) is 6.92 Å². The minimum Gasteiger partial charge on any atom is -0.481 e. The second-order valence-corrected chi connectivity index (χ2v) is 4.71. The fraction of sp³-hybridized carbons (Fsp3) is 0.545. The Hall–Kier alpha value is -1.63. The van der Waals surface area contributed by atoms with E-state index in [1.165, 1.54) is 16.2 Å². The van der Waals surface area contributed by atoms with Crippen LogP contribution < -0.4 is 5.32 Å². The molecule has 0 aromatic carbocycles. The van der Waals surface area contributed by atoms with Crippen molar-refractivity contribution >= 4 is 23.3 Å². The fourth-order valence-corrected chi connectivity index (χ4v) is 2.09. The molecule has 0 saturated carbocycles. The van der Waals surface area contributed by atoms with Crippen LogP contribution in [0.4, 0.5) is 4.79 Å². The minimum absolute atomic E-state index is 0.0440. The average molecular weight is 271 g/mol. The number of aryl methyl sites for hydroxylation is 1. The Balaban J connectivity index is 2.39. The molecule has 0 aliphatic rings. The number of hydrogen-bond acceptors (Lipinski definition) is 4. The first kappa shape index (κ1) is 14.4. The SMILES string of the molecule is CCN(CCC(=O)O)C(=O)NCc1nc(C)cs1. The van der Waals surface area contributed by atoms with E-state index >= 15 is 0 Å². The summed E-state index contributed by atoms with van der Waals surface area (Å²) in [6.45, 7) is 4.79. The predicted molar refractivity (Wildman–Crippen MR) is 68.6 cm³/mol. The number of urea groups is 1. The molecule has 2 N–H and O–H groups in total. The van der Waals surface area contributed by atoms with Gasteiger partial charge in [-0.05, 0) is 13.8 Å². The van der Waals surface area contributed by atoms with Gasteiger partial charge in [0.1, 0.15) is 5.01 Å². The number of aromatic nitrogens is 1. The third-order valence-electron chi connectivity index (χ3n) is 2.32. The van der Waals surface area contributed by atoms with Crippen LogP contribution >= 0.6 is 11.3 Å². The summed E-state index contributed by atoms with van der Waals surface area (Å²) in [5.74, 6) is -0.906. The zero-order valence-corrected chi connectivity index (χ0v) is 11.3. The number of carbonyl (C=O) groups excluding carboxylic acids is 1. The Kier molecular flexibility index (Phi) is 5.57. The Labute approximate surface area is 110 Å². The van der Waals surface area contributed by atoms with E-state index in [0.717, 1.165) is 10.7 Å². The standard InChI is InChI=1S/C11H17N3O3S/c1-3-14(5-4-10(15)16)11(17)12-6-9-13-8(2)7-18-9/h7H,3-6H2,1-2H3,(H,12,17)(H,15,16). The van der Waals surface area contributed by atoms with Crippen molar-refractivity contribution in [3.63, 3.8) is 0 Å². The molecule has 0 bridgehead atoms. The average Bonchev–Trinajstić information content (AvgIpc) is 2.73. The molecule has 1 heterocycles. The van der Waals surface area contributed by atoms with Crippen molar-refractivity contribution < 1.29 is 14.7 Å². The lowest BCUT2D eigenvalue weighted by Gasteiger charge is -2.20. The minimum atomic E-state index is -0.906. The van der Waals surface area contributed by atoms with Crippen LogP contribution in [0.2, 0.25) is 0 Å². The number of thiazole rings is 1. The van der Waals surface area contributed by atoms with Gasteiger partial charge in [0.2, 0.25) is 0 Å². The number of aliphatic carboxylic acids is 1. The number of carboxylic acid groups (broad SMARTS) is 1. The maximum absolute atomic E-state index is 11.8. The summed E-state index contributed by atoms with van der Waals surface area (Å²) < 4.78 is 0. The van der Waals surface area contributed by atoms with E-state index in [4.69, 9.17) is 5.11 Å². The number of amides is 2. The molecule has 1 rings (SSSR count). The van der Waals surface area contributed by atoms with Gasteiger partial charge in [-0.15, -0.1) is 11.3 Å². The van der Waals surface area contributed by atoms with Crippen molar-refractivity contribution in [1.29, 1.82) is 0 Å². The molecule has 0 fully saturated rings. The third-order valence-corrected chi connectivity index (χ3v) is 3.29. The lowest BCUT2D eigenvalue weighted by molar-refractivity contribution is -0.137. The van der Waals surface area contributed by atoms with Gasteiger partial charge in [-0.25, -0.2) is 9.78 Å². The molecule has 0 atom stereocenters. The van der Waals surface area contributed by atoms with Gasteiger partial charge in [0, 0.05) is 24.2 Å². The maximum Gasteiger partial charge on any atom is 0.317 e. The number of carbonyl (C=O) groups is 2. The van der Waals surface area contributed by atoms with Crippen LogP contribution in [0.25, 0.3) is 0 Å². The zero-order valence-electron chi connectivity index (χ0n) is 10.5. The summed E-state index contributed by atoms with van der Waals surface area (Å²) in [6.07, 6.45) is -0.0440. The highest BCUT2D eigenvalue weighted by atomic mass is 32.1. The van der Waals surface area contributed by atoms with Gasteiger partial charge in [-0.3, -0.25) is 4.79 Å². The Bertz CT molecular complexity index is 419. The van der Waals surface area contributed by atoms with Gasteiger partial charge < -0.3 is 15.3 Å². The molecular weight excluding hydrogens is 254 g/mol. The van der Waals surface area contributed by atoms with E-state index in [0.29, 0.717) is 13.1 Å². The van der Waals surface area contributed by atoms with Crippen LogP contribution in [0.15, 0.2) is 5.38 Å². The zero-order chi connectivity index (χ0) is 13.5. The summed E-state index contributed by atoms with van der Waals surface area (Å²) in [5, 5.41) is 14.1. The molecule has 0 aliphatic heterocycles. The molecule has 6 nitrogen and oxygen atoms in total. The highest BCUT2D eigenvalue weighted by Crippen LogP contribution is 2.08. The van der Waals surface area contributed by atoms with E-state index in [9.17, 15) is 9.59 Å². The number of hydrogen-bond donors (Lipinski definition) is 2. The molecule has 0 spiro atoms. The summed E-state index contributed by atoms with van der Waals surface area (Å²) in [5.41, 5.74) is 0.933. The van der Waals surface area contributed by atoms with Crippen molar-refractivity contribution in [2.24, 2.45) is 0 Å². The molecule has 0 aliphatic carbocycles. The summed E-state index contributed by atoms with van der Waals surface area (Å²) >= 11 is 1.49. The molecule has 0 saturated heterocycles. The summed E-state index contributed by atoms with van der Waals surface area (Å²) in [7, 11) is 0. The lowest BCUT2D eigenvalue weighted by Crippen LogP contribution is -2.40.